The van der Waals surface area contributed by atoms with Gasteiger partial charge in [-0.15, -0.1) is 11.3 Å². The lowest BCUT2D eigenvalue weighted by atomic mass is 10.0. The van der Waals surface area contributed by atoms with Crippen LogP contribution in [0.4, 0.5) is 5.82 Å². The van der Waals surface area contributed by atoms with Gasteiger partial charge in [-0.3, -0.25) is 0 Å². The van der Waals surface area contributed by atoms with Crippen LogP contribution in [0.1, 0.15) is 16.0 Å². The van der Waals surface area contributed by atoms with Gasteiger partial charge in [0.1, 0.15) is 23.7 Å². The third-order valence-corrected chi connectivity index (χ3v) is 7.30. The van der Waals surface area contributed by atoms with E-state index in [4.69, 9.17) is 4.98 Å². The molecule has 1 aromatic carbocycles. The zero-order valence-corrected chi connectivity index (χ0v) is 17.0. The number of thiophene rings is 1. The maximum atomic E-state index is 4.89. The molecule has 1 atom stereocenters. The first-order chi connectivity index (χ1) is 14.4. The van der Waals surface area contributed by atoms with Crippen LogP contribution in [0.5, 0.6) is 0 Å². The Morgan fingerprint density at radius 1 is 1.14 bits per heavy atom. The standard InChI is InChI=1S/C20H22N8S/c1-2-4-14(5-3-1)12-26-9-6-15-16(13-26)29-19-17(15)18(27-10-7-21-8-11-27)22-20-23-24-25-28(19)20/h1-5,21H,6-13H2/p+2. The Hall–Kier alpha value is -2.62. The second-order valence-electron chi connectivity index (χ2n) is 7.95. The maximum Gasteiger partial charge on any atom is 0.276 e. The lowest BCUT2D eigenvalue weighted by Crippen LogP contribution is -3.10. The van der Waals surface area contributed by atoms with Crippen LogP contribution in [-0.4, -0.2) is 57.7 Å². The molecule has 29 heavy (non-hydrogen) atoms. The molecule has 4 aromatic rings. The molecule has 1 unspecified atom stereocenters. The minimum absolute atomic E-state index is 0.606. The van der Waals surface area contributed by atoms with E-state index in [9.17, 15) is 0 Å². The zero-order chi connectivity index (χ0) is 19.2. The number of nitrogens with one attached hydrogen (secondary N) is 1. The topological polar surface area (TPSA) is 80.3 Å². The monoisotopic (exact) mass is 408 g/mol. The Kier molecular flexibility index (Phi) is 4.17. The Morgan fingerprint density at radius 2 is 2.00 bits per heavy atom. The number of tetrazole rings is 1. The predicted octanol–water partition coefficient (Wildman–Crippen LogP) is -0.741. The summed E-state index contributed by atoms with van der Waals surface area (Å²) in [4.78, 5) is 11.5. The van der Waals surface area contributed by atoms with Gasteiger partial charge < -0.3 is 15.1 Å². The number of nitrogens with zero attached hydrogens (tertiary/aromatic N) is 6. The molecule has 1 fully saturated rings. The van der Waals surface area contributed by atoms with Crippen molar-refractivity contribution in [1.82, 2.24) is 25.0 Å². The second-order valence-corrected chi connectivity index (χ2v) is 9.04. The highest BCUT2D eigenvalue weighted by atomic mass is 32.1. The van der Waals surface area contributed by atoms with Gasteiger partial charge in [0.2, 0.25) is 0 Å². The van der Waals surface area contributed by atoms with E-state index < -0.39 is 0 Å². The number of anilines is 1. The summed E-state index contributed by atoms with van der Waals surface area (Å²) < 4.78 is 1.83. The van der Waals surface area contributed by atoms with Crippen LogP contribution in [0, 0.1) is 0 Å². The van der Waals surface area contributed by atoms with Crippen LogP contribution in [0.25, 0.3) is 16.0 Å². The largest absolute Gasteiger partial charge is 0.345 e. The van der Waals surface area contributed by atoms with Gasteiger partial charge in [0, 0.05) is 12.0 Å². The fraction of sp³-hybridized carbons (Fsp3) is 0.400. The Bertz CT molecular complexity index is 1160. The molecule has 2 aliphatic heterocycles. The van der Waals surface area contributed by atoms with E-state index in [1.807, 2.05) is 15.9 Å². The number of nitrogens with two attached hydrogens (primary N) is 1. The molecule has 0 aliphatic carbocycles. The summed E-state index contributed by atoms with van der Waals surface area (Å²) in [5.41, 5.74) is 2.87. The highest BCUT2D eigenvalue weighted by molar-refractivity contribution is 7.19. The van der Waals surface area contributed by atoms with Gasteiger partial charge >= 0.3 is 0 Å². The first-order valence-corrected chi connectivity index (χ1v) is 11.1. The molecule has 3 N–H and O–H groups in total. The summed E-state index contributed by atoms with van der Waals surface area (Å²) in [5, 5.41) is 15.9. The molecule has 0 spiro atoms. The second kappa shape index (κ2) is 7.01. The molecular weight excluding hydrogens is 384 g/mol. The van der Waals surface area contributed by atoms with E-state index in [2.05, 4.69) is 56.1 Å². The van der Waals surface area contributed by atoms with Crippen molar-refractivity contribution in [3.63, 3.8) is 0 Å². The molecule has 0 bridgehead atoms. The molecule has 0 amide bonds. The van der Waals surface area contributed by atoms with Crippen LogP contribution in [0.3, 0.4) is 0 Å². The average molecular weight is 409 g/mol. The van der Waals surface area contributed by atoms with Crippen LogP contribution in [-0.2, 0) is 19.5 Å². The molecule has 0 radical (unpaired) electrons. The summed E-state index contributed by atoms with van der Waals surface area (Å²) in [7, 11) is 0. The molecule has 1 saturated heterocycles. The van der Waals surface area contributed by atoms with E-state index in [0.29, 0.717) is 5.78 Å². The smallest absolute Gasteiger partial charge is 0.276 e. The molecule has 2 aliphatic rings. The molecule has 6 rings (SSSR count). The number of piperazine rings is 1. The van der Waals surface area contributed by atoms with Crippen molar-refractivity contribution in [2.24, 2.45) is 0 Å². The van der Waals surface area contributed by atoms with E-state index in [0.717, 1.165) is 62.9 Å². The normalized spacial score (nSPS) is 19.7. The number of quaternary nitrogens is 2. The van der Waals surface area contributed by atoms with Crippen molar-refractivity contribution in [3.8, 4) is 0 Å². The Balaban J connectivity index is 1.43. The lowest BCUT2D eigenvalue weighted by molar-refractivity contribution is -0.929. The summed E-state index contributed by atoms with van der Waals surface area (Å²) in [6, 6.07) is 10.8. The van der Waals surface area contributed by atoms with Crippen LogP contribution >= 0.6 is 11.3 Å². The van der Waals surface area contributed by atoms with Gasteiger partial charge in [-0.05, 0) is 16.0 Å². The number of hydrogen-bond acceptors (Lipinski definition) is 6. The first-order valence-electron chi connectivity index (χ1n) is 10.3. The Morgan fingerprint density at radius 3 is 2.86 bits per heavy atom. The van der Waals surface area contributed by atoms with E-state index in [1.54, 1.807) is 4.90 Å². The highest BCUT2D eigenvalue weighted by Crippen LogP contribution is 2.37. The summed E-state index contributed by atoms with van der Waals surface area (Å²) in [6.07, 6.45) is 1.08. The first kappa shape index (κ1) is 17.3. The number of benzene rings is 1. The van der Waals surface area contributed by atoms with Gasteiger partial charge in [0.05, 0.1) is 43.0 Å². The third-order valence-electron chi connectivity index (χ3n) is 6.09. The van der Waals surface area contributed by atoms with Crippen molar-refractivity contribution in [3.05, 3.63) is 46.3 Å². The fourth-order valence-corrected chi connectivity index (χ4v) is 6.02. The molecule has 8 nitrogen and oxygen atoms in total. The molecule has 5 heterocycles. The van der Waals surface area contributed by atoms with Crippen molar-refractivity contribution >= 4 is 33.1 Å². The summed E-state index contributed by atoms with van der Waals surface area (Å²) in [5.74, 6) is 1.69. The summed E-state index contributed by atoms with van der Waals surface area (Å²) in [6.45, 7) is 7.55. The van der Waals surface area contributed by atoms with Gasteiger partial charge in [0.15, 0.2) is 0 Å². The predicted molar refractivity (Wildman–Crippen MR) is 111 cm³/mol. The van der Waals surface area contributed by atoms with E-state index in [-0.39, 0.29) is 0 Å². The minimum atomic E-state index is 0.606. The van der Waals surface area contributed by atoms with E-state index >= 15 is 0 Å². The molecule has 3 aromatic heterocycles. The minimum Gasteiger partial charge on any atom is -0.345 e. The maximum absolute atomic E-state index is 4.89. The summed E-state index contributed by atoms with van der Waals surface area (Å²) >= 11 is 1.85. The van der Waals surface area contributed by atoms with Crippen molar-refractivity contribution in [2.75, 3.05) is 37.6 Å². The molecule has 0 saturated carbocycles. The van der Waals surface area contributed by atoms with Crippen molar-refractivity contribution in [2.45, 2.75) is 19.5 Å². The number of hydrogen-bond donors (Lipinski definition) is 2. The molecule has 9 heteroatoms. The fourth-order valence-electron chi connectivity index (χ4n) is 4.66. The third kappa shape index (κ3) is 2.97. The van der Waals surface area contributed by atoms with Crippen molar-refractivity contribution in [1.29, 1.82) is 0 Å². The number of rotatable bonds is 3. The van der Waals surface area contributed by atoms with Crippen molar-refractivity contribution < 1.29 is 10.2 Å². The van der Waals surface area contributed by atoms with Gasteiger partial charge in [-0.2, -0.15) is 9.50 Å². The SMILES string of the molecule is c1ccc(C[NH+]2CCc3c(sc4c3c(N3CC[NH2+]CC3)nc3nnnn34)C2)cc1. The van der Waals surface area contributed by atoms with E-state index in [1.165, 1.54) is 21.4 Å². The average Bonchev–Trinajstić information content (AvgIpc) is 3.38. The van der Waals surface area contributed by atoms with Gasteiger partial charge in [0.25, 0.3) is 5.78 Å². The van der Waals surface area contributed by atoms with Gasteiger partial charge in [-0.1, -0.05) is 35.4 Å². The Labute approximate surface area is 172 Å². The number of fused-ring (bicyclic) bond motifs is 5. The highest BCUT2D eigenvalue weighted by Gasteiger charge is 2.30. The lowest BCUT2D eigenvalue weighted by Gasteiger charge is -2.28. The number of aromatic nitrogens is 5. The van der Waals surface area contributed by atoms with Gasteiger partial charge in [-0.25, -0.2) is 0 Å². The zero-order valence-electron chi connectivity index (χ0n) is 16.2. The quantitative estimate of drug-likeness (QED) is 0.467. The van der Waals surface area contributed by atoms with Crippen LogP contribution in [0.2, 0.25) is 0 Å². The molecule has 148 valence electrons. The van der Waals surface area contributed by atoms with Crippen LogP contribution < -0.4 is 15.1 Å². The van der Waals surface area contributed by atoms with Crippen LogP contribution in [0.15, 0.2) is 30.3 Å². The molecular formula is C20H24N8S+2.